The summed E-state index contributed by atoms with van der Waals surface area (Å²) >= 11 is 10.5. The Balaban J connectivity index is 1.81. The van der Waals surface area contributed by atoms with Crippen molar-refractivity contribution in [3.8, 4) is 0 Å². The zero-order valence-corrected chi connectivity index (χ0v) is 15.2. The van der Waals surface area contributed by atoms with E-state index in [0.29, 0.717) is 5.75 Å². The van der Waals surface area contributed by atoms with E-state index < -0.39 is 16.6 Å². The summed E-state index contributed by atoms with van der Waals surface area (Å²) in [4.78, 5) is 11.8. The number of nitrogens with one attached hydrogen (secondary N) is 1. The molecule has 0 saturated heterocycles. The molecule has 1 unspecified atom stereocenters. The van der Waals surface area contributed by atoms with Gasteiger partial charge >= 0.3 is 0 Å². The van der Waals surface area contributed by atoms with Crippen molar-refractivity contribution in [1.82, 2.24) is 0 Å². The van der Waals surface area contributed by atoms with Crippen molar-refractivity contribution < 1.29 is 13.4 Å². The van der Waals surface area contributed by atoms with Gasteiger partial charge in [0.25, 0.3) is 0 Å². The van der Waals surface area contributed by atoms with Crippen LogP contribution < -0.4 is 5.32 Å². The Morgan fingerprint density at radius 3 is 2.82 bits per heavy atom. The summed E-state index contributed by atoms with van der Waals surface area (Å²) in [5.41, 5.74) is 1.04. The van der Waals surface area contributed by atoms with Gasteiger partial charge in [-0.05, 0) is 51.1 Å². The van der Waals surface area contributed by atoms with Crippen LogP contribution in [0.15, 0.2) is 33.4 Å². The van der Waals surface area contributed by atoms with Gasteiger partial charge in [0, 0.05) is 33.7 Å². The number of benzene rings is 1. The number of hydrogen-bond donors (Lipinski definition) is 1. The highest BCUT2D eigenvalue weighted by Crippen LogP contribution is 2.22. The van der Waals surface area contributed by atoms with Crippen LogP contribution in [-0.4, -0.2) is 15.9 Å². The fourth-order valence-corrected chi connectivity index (χ4v) is 4.26. The first kappa shape index (κ1) is 17.6. The van der Waals surface area contributed by atoms with Gasteiger partial charge in [-0.3, -0.25) is 9.00 Å². The van der Waals surface area contributed by atoms with Crippen molar-refractivity contribution in [1.29, 1.82) is 0 Å². The molecule has 0 bridgehead atoms. The molecule has 118 valence electrons. The maximum atomic E-state index is 13.5. The van der Waals surface area contributed by atoms with E-state index in [2.05, 4.69) is 21.2 Å². The second-order valence-electron chi connectivity index (χ2n) is 4.47. The van der Waals surface area contributed by atoms with Crippen molar-refractivity contribution in [2.24, 2.45) is 0 Å². The fraction of sp³-hybridized carbons (Fsp3) is 0.214. The van der Waals surface area contributed by atoms with Crippen LogP contribution in [0.4, 0.5) is 10.1 Å². The Morgan fingerprint density at radius 2 is 2.18 bits per heavy atom. The van der Waals surface area contributed by atoms with E-state index in [4.69, 9.17) is 11.6 Å². The first-order valence-corrected chi connectivity index (χ1v) is 9.80. The molecule has 0 fully saturated rings. The summed E-state index contributed by atoms with van der Waals surface area (Å²) in [5, 5.41) is 4.63. The highest BCUT2D eigenvalue weighted by molar-refractivity contribution is 9.11. The van der Waals surface area contributed by atoms with Crippen LogP contribution in [0.1, 0.15) is 12.0 Å². The Morgan fingerprint density at radius 1 is 1.41 bits per heavy atom. The Labute approximate surface area is 147 Å². The second-order valence-corrected chi connectivity index (χ2v) is 8.77. The Kier molecular flexibility index (Phi) is 6.55. The lowest BCUT2D eigenvalue weighted by Gasteiger charge is -2.06. The molecule has 3 nitrogen and oxygen atoms in total. The third-order valence-electron chi connectivity index (χ3n) is 2.71. The molecule has 0 aliphatic rings. The number of amides is 1. The second kappa shape index (κ2) is 8.19. The van der Waals surface area contributed by atoms with Crippen molar-refractivity contribution in [2.45, 2.75) is 12.2 Å². The smallest absolute Gasteiger partial charge is 0.225 e. The number of hydrogen-bond acceptors (Lipinski definition) is 3. The molecule has 0 spiro atoms. The SMILES string of the molecule is O=C(CCS(=O)Cc1csc(Br)c1)Nc1ccc(Cl)cc1F. The molecule has 8 heteroatoms. The lowest BCUT2D eigenvalue weighted by atomic mass is 10.3. The predicted molar refractivity (Wildman–Crippen MR) is 93.4 cm³/mol. The molecule has 2 aromatic rings. The molecular weight excluding hydrogens is 413 g/mol. The summed E-state index contributed by atoms with van der Waals surface area (Å²) in [6.45, 7) is 0. The molecule has 1 aromatic heterocycles. The van der Waals surface area contributed by atoms with E-state index >= 15 is 0 Å². The molecule has 0 radical (unpaired) electrons. The van der Waals surface area contributed by atoms with Crippen LogP contribution in [0.5, 0.6) is 0 Å². The van der Waals surface area contributed by atoms with Crippen molar-refractivity contribution in [2.75, 3.05) is 11.1 Å². The Hall–Kier alpha value is -0.760. The maximum Gasteiger partial charge on any atom is 0.225 e. The van der Waals surface area contributed by atoms with E-state index in [1.54, 1.807) is 0 Å². The molecule has 1 aromatic carbocycles. The van der Waals surface area contributed by atoms with Gasteiger partial charge in [0.15, 0.2) is 0 Å². The highest BCUT2D eigenvalue weighted by Gasteiger charge is 2.10. The van der Waals surface area contributed by atoms with E-state index in [0.717, 1.165) is 15.4 Å². The average Bonchev–Trinajstić information content (AvgIpc) is 2.85. The van der Waals surface area contributed by atoms with Crippen molar-refractivity contribution in [3.63, 3.8) is 0 Å². The molecule has 1 heterocycles. The summed E-state index contributed by atoms with van der Waals surface area (Å²) in [6, 6.07) is 5.93. The minimum atomic E-state index is -1.14. The summed E-state index contributed by atoms with van der Waals surface area (Å²) in [6.07, 6.45) is 0.0694. The lowest BCUT2D eigenvalue weighted by Crippen LogP contribution is -2.16. The first-order chi connectivity index (χ1) is 10.4. The van der Waals surface area contributed by atoms with Crippen LogP contribution in [0.2, 0.25) is 5.02 Å². The summed E-state index contributed by atoms with van der Waals surface area (Å²) in [5.74, 6) is -0.328. The predicted octanol–water partition coefficient (Wildman–Crippen LogP) is 4.58. The minimum Gasteiger partial charge on any atom is -0.324 e. The van der Waals surface area contributed by atoms with Gasteiger partial charge in [-0.1, -0.05) is 11.6 Å². The molecule has 2 rings (SSSR count). The Bertz CT molecular complexity index is 708. The molecule has 0 aliphatic heterocycles. The minimum absolute atomic E-state index is 0.0694. The van der Waals surface area contributed by atoms with Crippen LogP contribution >= 0.6 is 38.9 Å². The number of halogens is 3. The average molecular weight is 425 g/mol. The third-order valence-corrected chi connectivity index (χ3v) is 5.81. The van der Waals surface area contributed by atoms with Gasteiger partial charge < -0.3 is 5.32 Å². The van der Waals surface area contributed by atoms with Gasteiger partial charge in [-0.25, -0.2) is 4.39 Å². The van der Waals surface area contributed by atoms with Gasteiger partial charge in [-0.2, -0.15) is 0 Å². The third kappa shape index (κ3) is 5.46. The monoisotopic (exact) mass is 423 g/mol. The number of anilines is 1. The van der Waals surface area contributed by atoms with E-state index in [1.165, 1.54) is 23.5 Å². The molecule has 1 N–H and O–H groups in total. The fourth-order valence-electron chi connectivity index (χ4n) is 1.69. The molecule has 22 heavy (non-hydrogen) atoms. The van der Waals surface area contributed by atoms with E-state index in [9.17, 15) is 13.4 Å². The summed E-state index contributed by atoms with van der Waals surface area (Å²) < 4.78 is 26.4. The molecular formula is C14H12BrClFNO2S2. The number of rotatable bonds is 6. The largest absolute Gasteiger partial charge is 0.324 e. The number of carbonyl (C=O) groups excluding carboxylic acids is 1. The van der Waals surface area contributed by atoms with Gasteiger partial charge in [0.05, 0.1) is 9.47 Å². The lowest BCUT2D eigenvalue weighted by molar-refractivity contribution is -0.115. The maximum absolute atomic E-state index is 13.5. The van der Waals surface area contributed by atoms with E-state index in [1.807, 2.05) is 11.4 Å². The molecule has 1 atom stereocenters. The normalized spacial score (nSPS) is 12.1. The summed E-state index contributed by atoms with van der Waals surface area (Å²) in [7, 11) is -1.14. The number of thiophene rings is 1. The molecule has 1 amide bonds. The van der Waals surface area contributed by atoms with Crippen molar-refractivity contribution in [3.05, 3.63) is 49.8 Å². The van der Waals surface area contributed by atoms with Crippen LogP contribution in [0.25, 0.3) is 0 Å². The van der Waals surface area contributed by atoms with Crippen molar-refractivity contribution >= 4 is 61.3 Å². The first-order valence-electron chi connectivity index (χ1n) is 6.27. The van der Waals surface area contributed by atoms with E-state index in [-0.39, 0.29) is 28.8 Å². The van der Waals surface area contributed by atoms with Gasteiger partial charge in [0.2, 0.25) is 5.91 Å². The quantitative estimate of drug-likeness (QED) is 0.738. The van der Waals surface area contributed by atoms with Crippen LogP contribution in [0.3, 0.4) is 0 Å². The standard InChI is InChI=1S/C14H12BrClFNO2S2/c15-13-5-9(7-21-13)8-22(20)4-3-14(19)18-12-2-1-10(16)6-11(12)17/h1-2,5-7H,3-4,8H2,(H,18,19). The van der Waals surface area contributed by atoms with Gasteiger partial charge in [-0.15, -0.1) is 11.3 Å². The van der Waals surface area contributed by atoms with Crippen LogP contribution in [0, 0.1) is 5.82 Å². The zero-order valence-electron chi connectivity index (χ0n) is 11.3. The number of carbonyl (C=O) groups is 1. The molecule has 0 saturated carbocycles. The highest BCUT2D eigenvalue weighted by atomic mass is 79.9. The molecule has 0 aliphatic carbocycles. The zero-order chi connectivity index (χ0) is 16.1. The van der Waals surface area contributed by atoms with Crippen LogP contribution in [-0.2, 0) is 21.3 Å². The van der Waals surface area contributed by atoms with Gasteiger partial charge in [0.1, 0.15) is 5.82 Å². The topological polar surface area (TPSA) is 46.2 Å².